The van der Waals surface area contributed by atoms with Crippen LogP contribution in [0.15, 0.2) is 18.2 Å². The third-order valence-corrected chi connectivity index (χ3v) is 4.53. The maximum atomic E-state index is 10.9. The number of aliphatic hydroxyl groups excluding tert-OH is 1. The predicted molar refractivity (Wildman–Crippen MR) is 85.3 cm³/mol. The molecule has 1 N–H and O–H groups in total. The van der Waals surface area contributed by atoms with Crippen LogP contribution in [0.1, 0.15) is 11.1 Å². The van der Waals surface area contributed by atoms with Crippen LogP contribution in [0.4, 0.5) is 5.69 Å². The first-order valence-electron chi connectivity index (χ1n) is 8.08. The Balaban J connectivity index is 1.55. The Morgan fingerprint density at radius 1 is 1.17 bits per heavy atom. The van der Waals surface area contributed by atoms with Gasteiger partial charge in [0.1, 0.15) is 0 Å². The first-order chi connectivity index (χ1) is 11.1. The van der Waals surface area contributed by atoms with Crippen LogP contribution in [0.3, 0.4) is 0 Å². The maximum Gasteiger partial charge on any atom is 0.269 e. The summed E-state index contributed by atoms with van der Waals surface area (Å²) in [5, 5.41) is 21.2. The van der Waals surface area contributed by atoms with Crippen molar-refractivity contribution < 1.29 is 14.8 Å². The predicted octanol–water partition coefficient (Wildman–Crippen LogP) is 0.646. The fraction of sp³-hybridized carbons (Fsp3) is 0.625. The number of benzene rings is 1. The van der Waals surface area contributed by atoms with E-state index in [0.29, 0.717) is 19.6 Å². The normalized spacial score (nSPS) is 20.9. The molecule has 1 aromatic carbocycles. The summed E-state index contributed by atoms with van der Waals surface area (Å²) in [5.74, 6) is 0. The Bertz CT molecular complexity index is 560. The summed E-state index contributed by atoms with van der Waals surface area (Å²) in [6.07, 6.45) is 0.464. The van der Waals surface area contributed by atoms with Gasteiger partial charge < -0.3 is 9.84 Å². The Kier molecular flexibility index (Phi) is 5.22. The van der Waals surface area contributed by atoms with Gasteiger partial charge in [-0.25, -0.2) is 0 Å². The van der Waals surface area contributed by atoms with Crippen LogP contribution < -0.4 is 0 Å². The number of hydrogen-bond donors (Lipinski definition) is 1. The van der Waals surface area contributed by atoms with Gasteiger partial charge in [-0.15, -0.1) is 0 Å². The Morgan fingerprint density at radius 2 is 1.91 bits per heavy atom. The summed E-state index contributed by atoms with van der Waals surface area (Å²) in [5.41, 5.74) is 2.32. The molecular formula is C16H23N3O4. The third-order valence-electron chi connectivity index (χ3n) is 4.53. The first kappa shape index (κ1) is 16.3. The molecule has 7 heteroatoms. The number of rotatable bonds is 5. The number of fused-ring (bicyclic) bond motifs is 1. The van der Waals surface area contributed by atoms with Gasteiger partial charge in [0.15, 0.2) is 0 Å². The van der Waals surface area contributed by atoms with E-state index in [1.165, 1.54) is 5.56 Å². The van der Waals surface area contributed by atoms with E-state index in [4.69, 9.17) is 4.74 Å². The second-order valence-electron chi connectivity index (χ2n) is 6.26. The molecule has 0 bridgehead atoms. The Hall–Kier alpha value is -1.54. The molecule has 1 unspecified atom stereocenters. The maximum absolute atomic E-state index is 10.9. The van der Waals surface area contributed by atoms with Gasteiger partial charge in [0.25, 0.3) is 5.69 Å². The lowest BCUT2D eigenvalue weighted by atomic mass is 9.99. The number of nitrogens with zero attached hydrogens (tertiary/aromatic N) is 3. The van der Waals surface area contributed by atoms with Crippen LogP contribution in [-0.2, 0) is 17.7 Å². The second kappa shape index (κ2) is 7.35. The van der Waals surface area contributed by atoms with E-state index in [2.05, 4.69) is 9.80 Å². The summed E-state index contributed by atoms with van der Waals surface area (Å²) in [4.78, 5) is 14.9. The molecule has 7 nitrogen and oxygen atoms in total. The fourth-order valence-electron chi connectivity index (χ4n) is 3.31. The van der Waals surface area contributed by atoms with E-state index < -0.39 is 6.10 Å². The van der Waals surface area contributed by atoms with Gasteiger partial charge in [0.2, 0.25) is 0 Å². The smallest absolute Gasteiger partial charge is 0.269 e. The van der Waals surface area contributed by atoms with Crippen LogP contribution in [0.25, 0.3) is 0 Å². The average molecular weight is 321 g/mol. The van der Waals surface area contributed by atoms with E-state index >= 15 is 0 Å². The summed E-state index contributed by atoms with van der Waals surface area (Å²) >= 11 is 0. The molecule has 126 valence electrons. The van der Waals surface area contributed by atoms with Gasteiger partial charge in [0, 0.05) is 51.4 Å². The number of nitro groups is 1. The number of ether oxygens (including phenoxy) is 1. The first-order valence-corrected chi connectivity index (χ1v) is 8.08. The minimum absolute atomic E-state index is 0.138. The highest BCUT2D eigenvalue weighted by atomic mass is 16.6. The van der Waals surface area contributed by atoms with Crippen molar-refractivity contribution in [1.82, 2.24) is 9.80 Å². The Labute approximate surface area is 135 Å². The molecule has 0 spiro atoms. The van der Waals surface area contributed by atoms with Crippen LogP contribution in [0, 0.1) is 10.1 Å². The molecule has 0 aliphatic carbocycles. The minimum Gasteiger partial charge on any atom is -0.390 e. The lowest BCUT2D eigenvalue weighted by Gasteiger charge is -2.33. The highest BCUT2D eigenvalue weighted by Crippen LogP contribution is 2.23. The molecule has 0 radical (unpaired) electrons. The van der Waals surface area contributed by atoms with E-state index in [1.54, 1.807) is 12.1 Å². The summed E-state index contributed by atoms with van der Waals surface area (Å²) in [6.45, 7) is 5.99. The molecular weight excluding hydrogens is 298 g/mol. The van der Waals surface area contributed by atoms with Gasteiger partial charge in [0.05, 0.1) is 24.2 Å². The van der Waals surface area contributed by atoms with Crippen molar-refractivity contribution in [2.45, 2.75) is 19.1 Å². The van der Waals surface area contributed by atoms with Crippen LogP contribution in [0.5, 0.6) is 0 Å². The minimum atomic E-state index is -0.409. The van der Waals surface area contributed by atoms with E-state index in [-0.39, 0.29) is 10.6 Å². The molecule has 2 aliphatic rings. The zero-order chi connectivity index (χ0) is 16.2. The molecule has 3 rings (SSSR count). The number of nitro benzene ring substituents is 1. The molecule has 2 aliphatic heterocycles. The average Bonchev–Trinajstić information content (AvgIpc) is 2.55. The van der Waals surface area contributed by atoms with Gasteiger partial charge >= 0.3 is 0 Å². The van der Waals surface area contributed by atoms with Crippen LogP contribution in [-0.4, -0.2) is 71.9 Å². The largest absolute Gasteiger partial charge is 0.390 e. The molecule has 1 aromatic rings. The van der Waals surface area contributed by atoms with Gasteiger partial charge in [-0.05, 0) is 17.5 Å². The molecule has 2 heterocycles. The summed E-state index contributed by atoms with van der Waals surface area (Å²) in [7, 11) is 0. The summed E-state index contributed by atoms with van der Waals surface area (Å²) < 4.78 is 5.31. The van der Waals surface area contributed by atoms with Crippen molar-refractivity contribution in [2.24, 2.45) is 0 Å². The molecule has 0 amide bonds. The van der Waals surface area contributed by atoms with E-state index in [9.17, 15) is 15.2 Å². The molecule has 23 heavy (non-hydrogen) atoms. The van der Waals surface area contributed by atoms with E-state index in [1.807, 2.05) is 6.07 Å². The number of non-ortho nitro benzene ring substituents is 1. The third kappa shape index (κ3) is 4.26. The van der Waals surface area contributed by atoms with E-state index in [0.717, 1.165) is 44.8 Å². The molecule has 1 fully saturated rings. The highest BCUT2D eigenvalue weighted by Gasteiger charge is 2.22. The highest BCUT2D eigenvalue weighted by molar-refractivity contribution is 5.41. The standard InChI is InChI=1S/C16H23N3O4/c20-16(11-17-5-7-23-8-6-17)12-18-4-3-13-1-2-15(19(21)22)9-14(13)10-18/h1-2,9,16,20H,3-8,10-12H2. The lowest BCUT2D eigenvalue weighted by Crippen LogP contribution is -2.45. The van der Waals surface area contributed by atoms with Crippen LogP contribution >= 0.6 is 0 Å². The van der Waals surface area contributed by atoms with Crippen molar-refractivity contribution >= 4 is 5.69 Å². The lowest BCUT2D eigenvalue weighted by molar-refractivity contribution is -0.385. The number of morpholine rings is 1. The fourth-order valence-corrected chi connectivity index (χ4v) is 3.31. The summed E-state index contributed by atoms with van der Waals surface area (Å²) in [6, 6.07) is 5.09. The van der Waals surface area contributed by atoms with Crippen molar-refractivity contribution in [3.8, 4) is 0 Å². The van der Waals surface area contributed by atoms with Crippen molar-refractivity contribution in [2.75, 3.05) is 45.9 Å². The van der Waals surface area contributed by atoms with Crippen molar-refractivity contribution in [1.29, 1.82) is 0 Å². The van der Waals surface area contributed by atoms with Gasteiger partial charge in [-0.3, -0.25) is 19.9 Å². The SMILES string of the molecule is O=[N+]([O-])c1ccc2c(c1)CN(CC(O)CN1CCOCC1)CC2. The molecule has 1 atom stereocenters. The zero-order valence-corrected chi connectivity index (χ0v) is 13.2. The number of aliphatic hydroxyl groups is 1. The number of hydrogen-bond acceptors (Lipinski definition) is 6. The zero-order valence-electron chi connectivity index (χ0n) is 13.2. The topological polar surface area (TPSA) is 79.1 Å². The molecule has 1 saturated heterocycles. The quantitative estimate of drug-likeness (QED) is 0.633. The van der Waals surface area contributed by atoms with Gasteiger partial charge in [-0.1, -0.05) is 6.07 Å². The molecule has 0 aromatic heterocycles. The number of β-amino-alcohol motifs (C(OH)–C–C–N with tert-alkyl or cyclic N) is 1. The Morgan fingerprint density at radius 3 is 2.65 bits per heavy atom. The van der Waals surface area contributed by atoms with Crippen molar-refractivity contribution in [3.63, 3.8) is 0 Å². The van der Waals surface area contributed by atoms with Crippen molar-refractivity contribution in [3.05, 3.63) is 39.4 Å². The van der Waals surface area contributed by atoms with Gasteiger partial charge in [-0.2, -0.15) is 0 Å². The second-order valence-corrected chi connectivity index (χ2v) is 6.26. The van der Waals surface area contributed by atoms with Crippen LogP contribution in [0.2, 0.25) is 0 Å². The molecule has 0 saturated carbocycles. The monoisotopic (exact) mass is 321 g/mol.